The van der Waals surface area contributed by atoms with Crippen LogP contribution in [0.1, 0.15) is 25.8 Å². The van der Waals surface area contributed by atoms with Crippen LogP contribution in [0.3, 0.4) is 0 Å². The molecule has 0 aromatic heterocycles. The van der Waals surface area contributed by atoms with E-state index in [0.29, 0.717) is 6.61 Å². The van der Waals surface area contributed by atoms with E-state index in [1.54, 1.807) is 13.8 Å². The summed E-state index contributed by atoms with van der Waals surface area (Å²) in [6, 6.07) is 10.3. The topological polar surface area (TPSA) is 29.5 Å². The molecule has 1 aromatic carbocycles. The molecule has 0 heterocycles. The summed E-state index contributed by atoms with van der Waals surface area (Å²) < 4.78 is 5.21. The van der Waals surface area contributed by atoms with E-state index in [4.69, 9.17) is 4.74 Å². The third kappa shape index (κ3) is 5.00. The van der Waals surface area contributed by atoms with E-state index in [9.17, 15) is 5.11 Å². The van der Waals surface area contributed by atoms with Crippen molar-refractivity contribution in [2.75, 3.05) is 6.61 Å². The van der Waals surface area contributed by atoms with E-state index < -0.39 is 5.79 Å². The summed E-state index contributed by atoms with van der Waals surface area (Å²) in [5.74, 6) is -1.00. The number of aryl methyl sites for hydroxylation is 1. The van der Waals surface area contributed by atoms with E-state index in [1.165, 1.54) is 5.56 Å². The second-order valence-electron chi connectivity index (χ2n) is 3.88. The summed E-state index contributed by atoms with van der Waals surface area (Å²) in [5.41, 5.74) is 1.31. The molecule has 1 rings (SSSR count). The number of benzene rings is 1. The van der Waals surface area contributed by atoms with Crippen molar-refractivity contribution < 1.29 is 9.84 Å². The Kier molecular flexibility index (Phi) is 4.11. The smallest absolute Gasteiger partial charge is 0.159 e. The minimum atomic E-state index is -1.00. The molecule has 2 heteroatoms. The Hall–Kier alpha value is -0.860. The van der Waals surface area contributed by atoms with Crippen LogP contribution in [0, 0.1) is 0 Å². The van der Waals surface area contributed by atoms with Crippen LogP contribution < -0.4 is 0 Å². The van der Waals surface area contributed by atoms with Gasteiger partial charge < -0.3 is 9.84 Å². The summed E-state index contributed by atoms with van der Waals surface area (Å²) >= 11 is 0. The summed E-state index contributed by atoms with van der Waals surface area (Å²) in [6.45, 7) is 3.89. The minimum absolute atomic E-state index is 0.596. The molecule has 0 fully saturated rings. The number of rotatable bonds is 5. The zero-order valence-electron chi connectivity index (χ0n) is 8.86. The molecule has 0 aliphatic carbocycles. The van der Waals surface area contributed by atoms with E-state index in [-0.39, 0.29) is 0 Å². The van der Waals surface area contributed by atoms with Crippen LogP contribution in [0.2, 0.25) is 0 Å². The SMILES string of the molecule is CC(C)(O)OCCCc1ccccc1. The molecule has 1 aromatic rings. The predicted octanol–water partition coefficient (Wildman–Crippen LogP) is 2.36. The van der Waals surface area contributed by atoms with Crippen LogP contribution in [-0.2, 0) is 11.2 Å². The molecule has 0 aliphatic heterocycles. The molecule has 0 bridgehead atoms. The van der Waals surface area contributed by atoms with Crippen molar-refractivity contribution in [3.05, 3.63) is 35.9 Å². The van der Waals surface area contributed by atoms with Gasteiger partial charge in [0.1, 0.15) is 0 Å². The van der Waals surface area contributed by atoms with E-state index >= 15 is 0 Å². The Bertz CT molecular complexity index is 249. The van der Waals surface area contributed by atoms with E-state index in [2.05, 4.69) is 12.1 Å². The fraction of sp³-hybridized carbons (Fsp3) is 0.500. The Morgan fingerprint density at radius 1 is 1.21 bits per heavy atom. The highest BCUT2D eigenvalue weighted by molar-refractivity contribution is 5.14. The predicted molar refractivity (Wildman–Crippen MR) is 57.0 cm³/mol. The van der Waals surface area contributed by atoms with Gasteiger partial charge in [-0.05, 0) is 32.3 Å². The molecule has 0 spiro atoms. The quantitative estimate of drug-likeness (QED) is 0.576. The van der Waals surface area contributed by atoms with Gasteiger partial charge in [-0.15, -0.1) is 0 Å². The molecule has 0 aliphatic rings. The Labute approximate surface area is 85.5 Å². The third-order valence-electron chi connectivity index (χ3n) is 1.91. The van der Waals surface area contributed by atoms with Gasteiger partial charge >= 0.3 is 0 Å². The lowest BCUT2D eigenvalue weighted by molar-refractivity contribution is -0.176. The molecule has 0 atom stereocenters. The van der Waals surface area contributed by atoms with Gasteiger partial charge in [0.15, 0.2) is 5.79 Å². The van der Waals surface area contributed by atoms with Crippen molar-refractivity contribution in [2.24, 2.45) is 0 Å². The molecule has 0 unspecified atom stereocenters. The van der Waals surface area contributed by atoms with Crippen LogP contribution >= 0.6 is 0 Å². The van der Waals surface area contributed by atoms with Gasteiger partial charge in [-0.1, -0.05) is 30.3 Å². The van der Waals surface area contributed by atoms with Gasteiger partial charge in [0, 0.05) is 0 Å². The molecular formula is C12H18O2. The molecule has 78 valence electrons. The van der Waals surface area contributed by atoms with Crippen molar-refractivity contribution in [1.29, 1.82) is 0 Å². The van der Waals surface area contributed by atoms with Crippen LogP contribution in [0.15, 0.2) is 30.3 Å². The first-order valence-corrected chi connectivity index (χ1v) is 4.98. The van der Waals surface area contributed by atoms with Crippen LogP contribution in [0.25, 0.3) is 0 Å². The summed E-state index contributed by atoms with van der Waals surface area (Å²) in [4.78, 5) is 0. The first-order valence-electron chi connectivity index (χ1n) is 4.98. The molecule has 1 N–H and O–H groups in total. The normalized spacial score (nSPS) is 11.6. The molecule has 14 heavy (non-hydrogen) atoms. The Morgan fingerprint density at radius 2 is 1.86 bits per heavy atom. The average Bonchev–Trinajstić information content (AvgIpc) is 2.13. The highest BCUT2D eigenvalue weighted by Gasteiger charge is 2.10. The van der Waals surface area contributed by atoms with Crippen molar-refractivity contribution >= 4 is 0 Å². The zero-order valence-corrected chi connectivity index (χ0v) is 8.86. The Morgan fingerprint density at radius 3 is 2.43 bits per heavy atom. The Balaban J connectivity index is 2.17. The molecule has 0 saturated heterocycles. The van der Waals surface area contributed by atoms with E-state index in [1.807, 2.05) is 18.2 Å². The first kappa shape index (κ1) is 11.2. The lowest BCUT2D eigenvalue weighted by Crippen LogP contribution is -2.23. The first-order chi connectivity index (χ1) is 6.58. The summed E-state index contributed by atoms with van der Waals surface area (Å²) in [7, 11) is 0. The maximum atomic E-state index is 9.29. The fourth-order valence-corrected chi connectivity index (χ4v) is 1.24. The van der Waals surface area contributed by atoms with Gasteiger partial charge in [0.2, 0.25) is 0 Å². The van der Waals surface area contributed by atoms with Gasteiger partial charge in [-0.2, -0.15) is 0 Å². The second kappa shape index (κ2) is 5.13. The highest BCUT2D eigenvalue weighted by Crippen LogP contribution is 2.06. The highest BCUT2D eigenvalue weighted by atomic mass is 16.6. The van der Waals surface area contributed by atoms with Crippen molar-refractivity contribution in [2.45, 2.75) is 32.5 Å². The van der Waals surface area contributed by atoms with Crippen LogP contribution in [-0.4, -0.2) is 17.5 Å². The molecule has 0 saturated carbocycles. The molecule has 0 amide bonds. The maximum Gasteiger partial charge on any atom is 0.159 e. The lowest BCUT2D eigenvalue weighted by atomic mass is 10.1. The van der Waals surface area contributed by atoms with Crippen LogP contribution in [0.4, 0.5) is 0 Å². The number of aliphatic hydroxyl groups is 1. The maximum absolute atomic E-state index is 9.29. The standard InChI is InChI=1S/C12H18O2/c1-12(2,13)14-10-6-9-11-7-4-3-5-8-11/h3-5,7-8,13H,6,9-10H2,1-2H3. The summed E-state index contributed by atoms with van der Waals surface area (Å²) in [5, 5.41) is 9.29. The average molecular weight is 194 g/mol. The van der Waals surface area contributed by atoms with E-state index in [0.717, 1.165) is 12.8 Å². The molecule has 0 radical (unpaired) electrons. The monoisotopic (exact) mass is 194 g/mol. The number of ether oxygens (including phenoxy) is 1. The second-order valence-corrected chi connectivity index (χ2v) is 3.88. The van der Waals surface area contributed by atoms with Crippen molar-refractivity contribution in [3.8, 4) is 0 Å². The summed E-state index contributed by atoms with van der Waals surface area (Å²) in [6.07, 6.45) is 1.94. The number of hydrogen-bond acceptors (Lipinski definition) is 2. The minimum Gasteiger partial charge on any atom is -0.366 e. The largest absolute Gasteiger partial charge is 0.366 e. The van der Waals surface area contributed by atoms with Gasteiger partial charge in [0.25, 0.3) is 0 Å². The lowest BCUT2D eigenvalue weighted by Gasteiger charge is -2.17. The zero-order chi connectivity index (χ0) is 10.4. The number of hydrogen-bond donors (Lipinski definition) is 1. The van der Waals surface area contributed by atoms with Gasteiger partial charge in [0.05, 0.1) is 6.61 Å². The van der Waals surface area contributed by atoms with Gasteiger partial charge in [-0.25, -0.2) is 0 Å². The molecule has 2 nitrogen and oxygen atoms in total. The molecular weight excluding hydrogens is 176 g/mol. The van der Waals surface area contributed by atoms with Crippen molar-refractivity contribution in [1.82, 2.24) is 0 Å². The fourth-order valence-electron chi connectivity index (χ4n) is 1.24. The van der Waals surface area contributed by atoms with Gasteiger partial charge in [-0.3, -0.25) is 0 Å². The van der Waals surface area contributed by atoms with Crippen molar-refractivity contribution in [3.63, 3.8) is 0 Å². The third-order valence-corrected chi connectivity index (χ3v) is 1.91. The van der Waals surface area contributed by atoms with Crippen LogP contribution in [0.5, 0.6) is 0 Å².